The van der Waals surface area contributed by atoms with Crippen LogP contribution in [0, 0.1) is 0 Å². The van der Waals surface area contributed by atoms with Crippen molar-refractivity contribution in [3.05, 3.63) is 60.2 Å². The third kappa shape index (κ3) is 4.85. The maximum absolute atomic E-state index is 12.1. The van der Waals surface area contributed by atoms with Crippen molar-refractivity contribution in [2.45, 2.75) is 19.4 Å². The second kappa shape index (κ2) is 8.22. The lowest BCUT2D eigenvalue weighted by molar-refractivity contribution is -0.136. The molecule has 3 rings (SSSR count). The summed E-state index contributed by atoms with van der Waals surface area (Å²) in [5.41, 5.74) is 1.87. The Kier molecular flexibility index (Phi) is 5.75. The van der Waals surface area contributed by atoms with Gasteiger partial charge >= 0.3 is 11.8 Å². The second-order valence-corrected chi connectivity index (χ2v) is 8.28. The van der Waals surface area contributed by atoms with E-state index in [1.165, 1.54) is 4.31 Å². The SMILES string of the molecule is O=C(NCc1ccccc1)C(=O)Nc1ccc(N2CCCCS2(=O)=O)cc1. The highest BCUT2D eigenvalue weighted by molar-refractivity contribution is 7.92. The molecule has 142 valence electrons. The fourth-order valence-corrected chi connectivity index (χ4v) is 4.48. The molecule has 2 amide bonds. The van der Waals surface area contributed by atoms with Crippen molar-refractivity contribution < 1.29 is 18.0 Å². The van der Waals surface area contributed by atoms with Gasteiger partial charge in [-0.05, 0) is 42.7 Å². The van der Waals surface area contributed by atoms with Gasteiger partial charge in [-0.25, -0.2) is 8.42 Å². The molecule has 2 aromatic carbocycles. The summed E-state index contributed by atoms with van der Waals surface area (Å²) in [4.78, 5) is 23.9. The lowest BCUT2D eigenvalue weighted by Crippen LogP contribution is -2.37. The Balaban J connectivity index is 1.57. The standard InChI is InChI=1S/C19H21N3O4S/c23-18(20-14-15-6-2-1-3-7-15)19(24)21-16-8-10-17(11-9-16)22-12-4-5-13-27(22,25)26/h1-3,6-11H,4-5,12-14H2,(H,20,23)(H,21,24). The van der Waals surface area contributed by atoms with Crippen molar-refractivity contribution in [3.8, 4) is 0 Å². The van der Waals surface area contributed by atoms with Crippen LogP contribution in [0.3, 0.4) is 0 Å². The molecule has 2 aromatic rings. The summed E-state index contributed by atoms with van der Waals surface area (Å²) < 4.78 is 25.6. The van der Waals surface area contributed by atoms with E-state index in [0.29, 0.717) is 24.3 Å². The van der Waals surface area contributed by atoms with Gasteiger partial charge in [0.1, 0.15) is 0 Å². The van der Waals surface area contributed by atoms with Crippen LogP contribution in [0.15, 0.2) is 54.6 Å². The van der Waals surface area contributed by atoms with Gasteiger partial charge in [0.05, 0.1) is 11.4 Å². The van der Waals surface area contributed by atoms with Crippen LogP contribution in [0.25, 0.3) is 0 Å². The molecule has 1 aliphatic rings. The summed E-state index contributed by atoms with van der Waals surface area (Å²) in [6, 6.07) is 15.7. The van der Waals surface area contributed by atoms with E-state index < -0.39 is 21.8 Å². The monoisotopic (exact) mass is 387 g/mol. The smallest absolute Gasteiger partial charge is 0.313 e. The molecule has 1 heterocycles. The fraction of sp³-hybridized carbons (Fsp3) is 0.263. The van der Waals surface area contributed by atoms with E-state index in [-0.39, 0.29) is 12.3 Å². The minimum Gasteiger partial charge on any atom is -0.344 e. The molecule has 7 nitrogen and oxygen atoms in total. The molecule has 2 N–H and O–H groups in total. The minimum atomic E-state index is -3.28. The normalized spacial score (nSPS) is 15.8. The molecule has 0 radical (unpaired) electrons. The average Bonchev–Trinajstić information content (AvgIpc) is 2.67. The van der Waals surface area contributed by atoms with Gasteiger partial charge in [0.25, 0.3) is 0 Å². The molecule has 0 aromatic heterocycles. The van der Waals surface area contributed by atoms with E-state index >= 15 is 0 Å². The zero-order valence-corrected chi connectivity index (χ0v) is 15.5. The van der Waals surface area contributed by atoms with E-state index in [4.69, 9.17) is 0 Å². The van der Waals surface area contributed by atoms with Crippen LogP contribution < -0.4 is 14.9 Å². The van der Waals surface area contributed by atoms with Gasteiger partial charge in [0.2, 0.25) is 10.0 Å². The first-order valence-electron chi connectivity index (χ1n) is 8.69. The number of carbonyl (C=O) groups excluding carboxylic acids is 2. The number of sulfonamides is 1. The van der Waals surface area contributed by atoms with Gasteiger partial charge in [-0.2, -0.15) is 0 Å². The Labute approximate surface area is 158 Å². The zero-order chi connectivity index (χ0) is 19.3. The summed E-state index contributed by atoms with van der Waals surface area (Å²) in [5, 5.41) is 5.06. The number of benzene rings is 2. The van der Waals surface area contributed by atoms with Gasteiger partial charge in [0, 0.05) is 18.8 Å². The number of hydrogen-bond donors (Lipinski definition) is 2. The molecule has 0 atom stereocenters. The van der Waals surface area contributed by atoms with Crippen molar-refractivity contribution >= 4 is 33.2 Å². The zero-order valence-electron chi connectivity index (χ0n) is 14.7. The summed E-state index contributed by atoms with van der Waals surface area (Å²) >= 11 is 0. The van der Waals surface area contributed by atoms with Crippen molar-refractivity contribution in [2.24, 2.45) is 0 Å². The number of nitrogens with one attached hydrogen (secondary N) is 2. The van der Waals surface area contributed by atoms with Crippen LogP contribution in [0.1, 0.15) is 18.4 Å². The van der Waals surface area contributed by atoms with E-state index in [1.54, 1.807) is 24.3 Å². The molecule has 1 saturated heterocycles. The summed E-state index contributed by atoms with van der Waals surface area (Å²) in [6.07, 6.45) is 1.49. The molecular weight excluding hydrogens is 366 g/mol. The number of carbonyl (C=O) groups is 2. The Hall–Kier alpha value is -2.87. The van der Waals surface area contributed by atoms with Gasteiger partial charge < -0.3 is 10.6 Å². The molecule has 1 fully saturated rings. The first-order chi connectivity index (χ1) is 13.0. The summed E-state index contributed by atoms with van der Waals surface area (Å²) in [6.45, 7) is 0.717. The molecule has 0 bridgehead atoms. The first-order valence-corrected chi connectivity index (χ1v) is 10.3. The number of rotatable bonds is 4. The highest BCUT2D eigenvalue weighted by atomic mass is 32.2. The van der Waals surface area contributed by atoms with Crippen molar-refractivity contribution in [3.63, 3.8) is 0 Å². The van der Waals surface area contributed by atoms with E-state index in [0.717, 1.165) is 12.0 Å². The topological polar surface area (TPSA) is 95.6 Å². The maximum atomic E-state index is 12.1. The predicted octanol–water partition coefficient (Wildman–Crippen LogP) is 1.87. The van der Waals surface area contributed by atoms with Crippen LogP contribution in [-0.2, 0) is 26.2 Å². The molecule has 8 heteroatoms. The minimum absolute atomic E-state index is 0.146. The van der Waals surface area contributed by atoms with Crippen LogP contribution in [0.4, 0.5) is 11.4 Å². The van der Waals surface area contributed by atoms with Crippen molar-refractivity contribution in [1.82, 2.24) is 5.32 Å². The second-order valence-electron chi connectivity index (χ2n) is 6.26. The number of amides is 2. The lowest BCUT2D eigenvalue weighted by Gasteiger charge is -2.28. The third-order valence-electron chi connectivity index (χ3n) is 4.26. The average molecular weight is 387 g/mol. The Bertz CT molecular complexity index is 912. The highest BCUT2D eigenvalue weighted by Gasteiger charge is 2.25. The first kappa shape index (κ1) is 18.9. The number of anilines is 2. The highest BCUT2D eigenvalue weighted by Crippen LogP contribution is 2.24. The van der Waals surface area contributed by atoms with Crippen LogP contribution in [0.2, 0.25) is 0 Å². The Morgan fingerprint density at radius 1 is 0.926 bits per heavy atom. The molecule has 0 saturated carbocycles. The fourth-order valence-electron chi connectivity index (χ4n) is 2.84. The maximum Gasteiger partial charge on any atom is 0.313 e. The van der Waals surface area contributed by atoms with Crippen molar-refractivity contribution in [2.75, 3.05) is 21.9 Å². The van der Waals surface area contributed by atoms with Gasteiger partial charge in [-0.15, -0.1) is 0 Å². The van der Waals surface area contributed by atoms with E-state index in [1.807, 2.05) is 30.3 Å². The Morgan fingerprint density at radius 3 is 2.30 bits per heavy atom. The summed E-state index contributed by atoms with van der Waals surface area (Å²) in [7, 11) is -3.28. The van der Waals surface area contributed by atoms with E-state index in [2.05, 4.69) is 10.6 Å². The quantitative estimate of drug-likeness (QED) is 0.783. The summed E-state index contributed by atoms with van der Waals surface area (Å²) in [5.74, 6) is -1.36. The molecule has 0 aliphatic carbocycles. The molecule has 0 unspecified atom stereocenters. The molecular formula is C19H21N3O4S. The van der Waals surface area contributed by atoms with Crippen LogP contribution >= 0.6 is 0 Å². The third-order valence-corrected chi connectivity index (χ3v) is 6.13. The number of hydrogen-bond acceptors (Lipinski definition) is 4. The molecule has 0 spiro atoms. The van der Waals surface area contributed by atoms with Gasteiger partial charge in [-0.1, -0.05) is 30.3 Å². The van der Waals surface area contributed by atoms with Gasteiger partial charge in [-0.3, -0.25) is 13.9 Å². The molecule has 27 heavy (non-hydrogen) atoms. The Morgan fingerprint density at radius 2 is 1.63 bits per heavy atom. The van der Waals surface area contributed by atoms with Crippen LogP contribution in [-0.4, -0.2) is 32.5 Å². The lowest BCUT2D eigenvalue weighted by atomic mass is 10.2. The number of nitrogens with zero attached hydrogens (tertiary/aromatic N) is 1. The van der Waals surface area contributed by atoms with Crippen molar-refractivity contribution in [1.29, 1.82) is 0 Å². The van der Waals surface area contributed by atoms with Crippen LogP contribution in [0.5, 0.6) is 0 Å². The van der Waals surface area contributed by atoms with E-state index in [9.17, 15) is 18.0 Å². The van der Waals surface area contributed by atoms with Gasteiger partial charge in [0.15, 0.2) is 0 Å². The predicted molar refractivity (Wildman–Crippen MR) is 104 cm³/mol. The largest absolute Gasteiger partial charge is 0.344 e. The molecule has 1 aliphatic heterocycles.